The first-order valence-corrected chi connectivity index (χ1v) is 8.44. The first kappa shape index (κ1) is 16.5. The monoisotopic (exact) mass is 330 g/mol. The topological polar surface area (TPSA) is 77.9 Å². The van der Waals surface area contributed by atoms with Gasteiger partial charge in [0.25, 0.3) is 0 Å². The van der Waals surface area contributed by atoms with Crippen LogP contribution >= 0.6 is 0 Å². The van der Waals surface area contributed by atoms with Gasteiger partial charge in [0.15, 0.2) is 0 Å². The van der Waals surface area contributed by atoms with Gasteiger partial charge in [-0.25, -0.2) is 0 Å². The van der Waals surface area contributed by atoms with Gasteiger partial charge in [0.05, 0.1) is 12.3 Å². The molecule has 0 spiro atoms. The molecule has 2 saturated heterocycles. The second-order valence-corrected chi connectivity index (χ2v) is 6.51. The molecule has 2 aliphatic rings. The molecule has 2 aliphatic heterocycles. The molecule has 0 aromatic heterocycles. The maximum atomic E-state index is 12.4. The van der Waals surface area contributed by atoms with E-state index in [0.717, 1.165) is 30.6 Å². The molecule has 128 valence electrons. The summed E-state index contributed by atoms with van der Waals surface area (Å²) in [6, 6.07) is 7.50. The lowest BCUT2D eigenvalue weighted by atomic mass is 9.97. The fourth-order valence-corrected chi connectivity index (χ4v) is 3.41. The molecule has 1 N–H and O–H groups in total. The zero-order valence-corrected chi connectivity index (χ0v) is 13.6. The summed E-state index contributed by atoms with van der Waals surface area (Å²) in [7, 11) is 0. The largest absolute Gasteiger partial charge is 0.481 e. The average molecular weight is 330 g/mol. The van der Waals surface area contributed by atoms with Crippen LogP contribution in [-0.2, 0) is 20.8 Å². The Morgan fingerprint density at radius 1 is 1.12 bits per heavy atom. The number of hydrogen-bond donors (Lipinski definition) is 1. The van der Waals surface area contributed by atoms with Crippen molar-refractivity contribution in [2.24, 2.45) is 5.92 Å². The highest BCUT2D eigenvalue weighted by atomic mass is 16.4. The van der Waals surface area contributed by atoms with Crippen LogP contribution in [-0.4, -0.2) is 47.4 Å². The number of rotatable bonds is 4. The average Bonchev–Trinajstić information content (AvgIpc) is 3.01. The van der Waals surface area contributed by atoms with Crippen molar-refractivity contribution in [3.05, 3.63) is 29.8 Å². The number of carboxylic acids is 1. The van der Waals surface area contributed by atoms with E-state index in [0.29, 0.717) is 25.9 Å². The zero-order chi connectivity index (χ0) is 17.1. The smallest absolute Gasteiger partial charge is 0.308 e. The van der Waals surface area contributed by atoms with E-state index in [2.05, 4.69) is 0 Å². The van der Waals surface area contributed by atoms with Gasteiger partial charge >= 0.3 is 5.97 Å². The summed E-state index contributed by atoms with van der Waals surface area (Å²) in [4.78, 5) is 38.7. The van der Waals surface area contributed by atoms with E-state index in [4.69, 9.17) is 5.11 Å². The van der Waals surface area contributed by atoms with Crippen LogP contribution in [0.5, 0.6) is 0 Å². The van der Waals surface area contributed by atoms with Crippen LogP contribution in [0.15, 0.2) is 24.3 Å². The van der Waals surface area contributed by atoms with E-state index in [1.54, 1.807) is 9.80 Å². The summed E-state index contributed by atoms with van der Waals surface area (Å²) in [6.45, 7) is 1.68. The Labute approximate surface area is 141 Å². The molecule has 0 saturated carbocycles. The second-order valence-electron chi connectivity index (χ2n) is 6.51. The molecule has 0 unspecified atom stereocenters. The van der Waals surface area contributed by atoms with Gasteiger partial charge in [0, 0.05) is 31.7 Å². The molecule has 2 amide bonds. The number of nitrogens with zero attached hydrogens (tertiary/aromatic N) is 2. The van der Waals surface area contributed by atoms with Gasteiger partial charge in [0.2, 0.25) is 11.8 Å². The van der Waals surface area contributed by atoms with E-state index >= 15 is 0 Å². The van der Waals surface area contributed by atoms with Crippen LogP contribution in [0, 0.1) is 5.92 Å². The van der Waals surface area contributed by atoms with E-state index in [1.165, 1.54) is 0 Å². The Morgan fingerprint density at radius 3 is 2.50 bits per heavy atom. The van der Waals surface area contributed by atoms with Crippen molar-refractivity contribution in [3.8, 4) is 0 Å². The molecule has 2 heterocycles. The summed E-state index contributed by atoms with van der Waals surface area (Å²) >= 11 is 0. The molecular weight excluding hydrogens is 308 g/mol. The van der Waals surface area contributed by atoms with Crippen molar-refractivity contribution in [1.82, 2.24) is 4.90 Å². The van der Waals surface area contributed by atoms with E-state index in [1.807, 2.05) is 24.3 Å². The van der Waals surface area contributed by atoms with Crippen molar-refractivity contribution in [2.75, 3.05) is 24.5 Å². The molecule has 0 aliphatic carbocycles. The minimum atomic E-state index is -0.827. The Morgan fingerprint density at radius 2 is 1.88 bits per heavy atom. The Bertz CT molecular complexity index is 641. The molecule has 1 aromatic carbocycles. The molecule has 2 fully saturated rings. The number of piperidine rings is 1. The van der Waals surface area contributed by atoms with Crippen molar-refractivity contribution in [2.45, 2.75) is 32.1 Å². The van der Waals surface area contributed by atoms with Crippen molar-refractivity contribution < 1.29 is 19.5 Å². The van der Waals surface area contributed by atoms with Gasteiger partial charge in [-0.15, -0.1) is 0 Å². The number of amides is 2. The molecule has 6 nitrogen and oxygen atoms in total. The Balaban J connectivity index is 1.60. The number of carbonyl (C=O) groups is 3. The summed E-state index contributed by atoms with van der Waals surface area (Å²) in [5.74, 6) is -1.17. The molecule has 1 atom stereocenters. The molecule has 1 aromatic rings. The highest BCUT2D eigenvalue weighted by Crippen LogP contribution is 2.22. The lowest BCUT2D eigenvalue weighted by Crippen LogP contribution is -2.43. The number of carbonyl (C=O) groups excluding carboxylic acids is 2. The Hall–Kier alpha value is -2.37. The van der Waals surface area contributed by atoms with Gasteiger partial charge in [0.1, 0.15) is 0 Å². The van der Waals surface area contributed by atoms with Crippen LogP contribution in [0.2, 0.25) is 0 Å². The van der Waals surface area contributed by atoms with Gasteiger partial charge in [-0.1, -0.05) is 12.1 Å². The maximum absolute atomic E-state index is 12.4. The first-order valence-electron chi connectivity index (χ1n) is 8.44. The minimum absolute atomic E-state index is 0.0362. The number of carboxylic acid groups (broad SMARTS) is 1. The van der Waals surface area contributed by atoms with Crippen LogP contribution < -0.4 is 4.90 Å². The molecule has 3 rings (SSSR count). The second kappa shape index (κ2) is 7.03. The van der Waals surface area contributed by atoms with E-state index in [9.17, 15) is 14.4 Å². The number of benzene rings is 1. The zero-order valence-electron chi connectivity index (χ0n) is 13.6. The van der Waals surface area contributed by atoms with Gasteiger partial charge in [-0.3, -0.25) is 14.4 Å². The van der Waals surface area contributed by atoms with Crippen LogP contribution in [0.1, 0.15) is 31.2 Å². The SMILES string of the molecule is O=C(O)[C@@H]1CCCN(C(=O)Cc2ccc(N3CCCC3=O)cc2)C1. The number of anilines is 1. The van der Waals surface area contributed by atoms with Crippen molar-refractivity contribution in [3.63, 3.8) is 0 Å². The predicted octanol–water partition coefficient (Wildman–Crippen LogP) is 1.68. The first-order chi connectivity index (χ1) is 11.5. The van der Waals surface area contributed by atoms with Crippen LogP contribution in [0.3, 0.4) is 0 Å². The summed E-state index contributed by atoms with van der Waals surface area (Å²) in [5.41, 5.74) is 1.76. The number of aliphatic carboxylic acids is 1. The maximum Gasteiger partial charge on any atom is 0.308 e. The fourth-order valence-electron chi connectivity index (χ4n) is 3.41. The van der Waals surface area contributed by atoms with Crippen LogP contribution in [0.4, 0.5) is 5.69 Å². The van der Waals surface area contributed by atoms with Crippen molar-refractivity contribution >= 4 is 23.5 Å². The summed E-state index contributed by atoms with van der Waals surface area (Å²) in [5, 5.41) is 9.11. The minimum Gasteiger partial charge on any atom is -0.481 e. The lowest BCUT2D eigenvalue weighted by molar-refractivity contribution is -0.145. The van der Waals surface area contributed by atoms with Crippen molar-refractivity contribution in [1.29, 1.82) is 0 Å². The molecular formula is C18H22N2O4. The summed E-state index contributed by atoms with van der Waals surface area (Å²) < 4.78 is 0. The highest BCUT2D eigenvalue weighted by molar-refractivity contribution is 5.95. The van der Waals surface area contributed by atoms with Gasteiger partial charge in [-0.05, 0) is 37.0 Å². The summed E-state index contributed by atoms with van der Waals surface area (Å²) in [6.07, 6.45) is 3.12. The lowest BCUT2D eigenvalue weighted by Gasteiger charge is -2.30. The predicted molar refractivity (Wildman–Crippen MR) is 88.7 cm³/mol. The number of hydrogen-bond acceptors (Lipinski definition) is 3. The quantitative estimate of drug-likeness (QED) is 0.911. The van der Waals surface area contributed by atoms with Gasteiger partial charge in [-0.2, -0.15) is 0 Å². The third kappa shape index (κ3) is 3.58. The third-order valence-corrected chi connectivity index (χ3v) is 4.80. The fraction of sp³-hybridized carbons (Fsp3) is 0.500. The normalized spacial score (nSPS) is 21.2. The van der Waals surface area contributed by atoms with E-state index < -0.39 is 11.9 Å². The van der Waals surface area contributed by atoms with Gasteiger partial charge < -0.3 is 14.9 Å². The number of likely N-dealkylation sites (tertiary alicyclic amines) is 1. The third-order valence-electron chi connectivity index (χ3n) is 4.80. The Kier molecular flexibility index (Phi) is 4.83. The van der Waals surface area contributed by atoms with E-state index in [-0.39, 0.29) is 18.2 Å². The van der Waals surface area contributed by atoms with Crippen LogP contribution in [0.25, 0.3) is 0 Å². The standard InChI is InChI=1S/C18H22N2O4/c21-16-4-2-10-20(16)15-7-5-13(6-8-15)11-17(22)19-9-1-3-14(12-19)18(23)24/h5-8,14H,1-4,9-12H2,(H,23,24)/t14-/m1/s1. The molecule has 0 bridgehead atoms. The molecule has 6 heteroatoms. The highest BCUT2D eigenvalue weighted by Gasteiger charge is 2.28. The molecule has 24 heavy (non-hydrogen) atoms. The molecule has 0 radical (unpaired) electrons.